The Morgan fingerprint density at radius 2 is 2.29 bits per heavy atom. The number of carbonyl (C=O) groups is 1. The number of fused-ring (bicyclic) bond motifs is 1. The van der Waals surface area contributed by atoms with Crippen LogP contribution in [0.2, 0.25) is 0 Å². The molecule has 0 saturated carbocycles. The fourth-order valence-electron chi connectivity index (χ4n) is 2.62. The van der Waals surface area contributed by atoms with Gasteiger partial charge in [0.1, 0.15) is 11.3 Å². The van der Waals surface area contributed by atoms with Gasteiger partial charge in [0.2, 0.25) is 5.91 Å². The van der Waals surface area contributed by atoms with Crippen molar-refractivity contribution in [2.24, 2.45) is 5.73 Å². The van der Waals surface area contributed by atoms with Gasteiger partial charge < -0.3 is 15.8 Å². The summed E-state index contributed by atoms with van der Waals surface area (Å²) in [4.78, 5) is 11.8. The van der Waals surface area contributed by atoms with Crippen LogP contribution in [-0.4, -0.2) is 20.1 Å². The molecule has 4 heteroatoms. The van der Waals surface area contributed by atoms with Crippen molar-refractivity contribution in [2.75, 3.05) is 14.2 Å². The number of rotatable bonds is 3. The second-order valence-electron chi connectivity index (χ2n) is 4.40. The standard InChI is InChI=1S/C13H18N2O2/c1-15-13(12(14)16)7-3-4-9-5-6-10(17-2)8-11(9)13/h5-6,8,15H,3-4,7H2,1-2H3,(H2,14,16). The number of nitrogens with one attached hydrogen (secondary N) is 1. The van der Waals surface area contributed by atoms with E-state index in [-0.39, 0.29) is 5.91 Å². The number of hydrogen-bond donors (Lipinski definition) is 2. The third-order valence-electron chi connectivity index (χ3n) is 3.62. The number of hydrogen-bond acceptors (Lipinski definition) is 3. The number of methoxy groups -OCH3 is 1. The van der Waals surface area contributed by atoms with Crippen LogP contribution in [0.15, 0.2) is 18.2 Å². The van der Waals surface area contributed by atoms with E-state index in [0.717, 1.165) is 30.6 Å². The summed E-state index contributed by atoms with van der Waals surface area (Å²) in [6.07, 6.45) is 2.68. The van der Waals surface area contributed by atoms with Crippen molar-refractivity contribution in [1.29, 1.82) is 0 Å². The van der Waals surface area contributed by atoms with E-state index in [2.05, 4.69) is 5.32 Å². The summed E-state index contributed by atoms with van der Waals surface area (Å²) >= 11 is 0. The van der Waals surface area contributed by atoms with Gasteiger partial charge in [-0.2, -0.15) is 0 Å². The average Bonchev–Trinajstić information content (AvgIpc) is 2.37. The van der Waals surface area contributed by atoms with E-state index >= 15 is 0 Å². The van der Waals surface area contributed by atoms with Crippen LogP contribution >= 0.6 is 0 Å². The Morgan fingerprint density at radius 3 is 2.88 bits per heavy atom. The molecule has 0 heterocycles. The van der Waals surface area contributed by atoms with Crippen molar-refractivity contribution in [1.82, 2.24) is 5.32 Å². The maximum absolute atomic E-state index is 11.8. The molecule has 92 valence electrons. The third kappa shape index (κ3) is 1.78. The summed E-state index contributed by atoms with van der Waals surface area (Å²) in [5, 5.41) is 3.09. The minimum atomic E-state index is -0.748. The van der Waals surface area contributed by atoms with Crippen molar-refractivity contribution in [3.63, 3.8) is 0 Å². The smallest absolute Gasteiger partial charge is 0.242 e. The van der Waals surface area contributed by atoms with Gasteiger partial charge in [0.15, 0.2) is 0 Å². The van der Waals surface area contributed by atoms with Gasteiger partial charge in [0.25, 0.3) is 0 Å². The van der Waals surface area contributed by atoms with Crippen LogP contribution in [0.3, 0.4) is 0 Å². The number of nitrogens with two attached hydrogens (primary N) is 1. The van der Waals surface area contributed by atoms with E-state index < -0.39 is 5.54 Å². The molecule has 3 N–H and O–H groups in total. The first-order valence-electron chi connectivity index (χ1n) is 5.80. The highest BCUT2D eigenvalue weighted by Gasteiger charge is 2.40. The zero-order valence-electron chi connectivity index (χ0n) is 10.2. The number of primary amides is 1. The summed E-state index contributed by atoms with van der Waals surface area (Å²) in [6, 6.07) is 5.85. The van der Waals surface area contributed by atoms with Gasteiger partial charge in [0.05, 0.1) is 7.11 Å². The molecule has 17 heavy (non-hydrogen) atoms. The molecule has 0 aromatic heterocycles. The Labute approximate surface area is 101 Å². The van der Waals surface area contributed by atoms with Gasteiger partial charge >= 0.3 is 0 Å². The molecule has 1 aromatic carbocycles. The predicted octanol–water partition coefficient (Wildman–Crippen LogP) is 0.931. The number of ether oxygens (including phenoxy) is 1. The quantitative estimate of drug-likeness (QED) is 0.817. The molecular weight excluding hydrogens is 216 g/mol. The first kappa shape index (κ1) is 11.9. The van der Waals surface area contributed by atoms with E-state index in [9.17, 15) is 4.79 Å². The number of carbonyl (C=O) groups excluding carboxylic acids is 1. The van der Waals surface area contributed by atoms with Crippen LogP contribution in [0.4, 0.5) is 0 Å². The van der Waals surface area contributed by atoms with E-state index in [1.165, 1.54) is 5.56 Å². The molecular formula is C13H18N2O2. The number of aryl methyl sites for hydroxylation is 1. The molecule has 0 spiro atoms. The molecule has 0 aliphatic heterocycles. The SMILES string of the molecule is CNC1(C(N)=O)CCCc2ccc(OC)cc21. The van der Waals surface area contributed by atoms with Crippen molar-refractivity contribution >= 4 is 5.91 Å². The van der Waals surface area contributed by atoms with Crippen molar-refractivity contribution in [2.45, 2.75) is 24.8 Å². The van der Waals surface area contributed by atoms with Crippen molar-refractivity contribution in [3.05, 3.63) is 29.3 Å². The summed E-state index contributed by atoms with van der Waals surface area (Å²) in [6.45, 7) is 0. The van der Waals surface area contributed by atoms with E-state index in [4.69, 9.17) is 10.5 Å². The average molecular weight is 234 g/mol. The lowest BCUT2D eigenvalue weighted by atomic mass is 9.76. The summed E-state index contributed by atoms with van der Waals surface area (Å²) in [7, 11) is 3.40. The van der Waals surface area contributed by atoms with Crippen molar-refractivity contribution < 1.29 is 9.53 Å². The fraction of sp³-hybridized carbons (Fsp3) is 0.462. The minimum Gasteiger partial charge on any atom is -0.497 e. The van der Waals surface area contributed by atoms with E-state index in [1.807, 2.05) is 18.2 Å². The highest BCUT2D eigenvalue weighted by molar-refractivity contribution is 5.87. The van der Waals surface area contributed by atoms with Crippen LogP contribution in [0, 0.1) is 0 Å². The van der Waals surface area contributed by atoms with E-state index in [0.29, 0.717) is 0 Å². The van der Waals surface area contributed by atoms with E-state index in [1.54, 1.807) is 14.2 Å². The topological polar surface area (TPSA) is 64.3 Å². The Kier molecular flexibility index (Phi) is 3.07. The summed E-state index contributed by atoms with van der Waals surface area (Å²) < 4.78 is 5.22. The number of benzene rings is 1. The molecule has 1 aliphatic rings. The van der Waals surface area contributed by atoms with Gasteiger partial charge in [-0.15, -0.1) is 0 Å². The molecule has 0 saturated heterocycles. The first-order chi connectivity index (χ1) is 8.14. The first-order valence-corrected chi connectivity index (χ1v) is 5.80. The van der Waals surface area contributed by atoms with Crippen LogP contribution in [0.25, 0.3) is 0 Å². The van der Waals surface area contributed by atoms with Crippen LogP contribution in [0.1, 0.15) is 24.0 Å². The second-order valence-corrected chi connectivity index (χ2v) is 4.40. The van der Waals surface area contributed by atoms with Crippen LogP contribution in [0.5, 0.6) is 5.75 Å². The molecule has 2 rings (SSSR count). The Bertz CT molecular complexity index is 445. The Morgan fingerprint density at radius 1 is 1.53 bits per heavy atom. The molecule has 1 aromatic rings. The molecule has 0 radical (unpaired) electrons. The van der Waals surface area contributed by atoms with Gasteiger partial charge in [0, 0.05) is 0 Å². The molecule has 0 bridgehead atoms. The van der Waals surface area contributed by atoms with Gasteiger partial charge in [-0.05, 0) is 49.6 Å². The predicted molar refractivity (Wildman–Crippen MR) is 65.9 cm³/mol. The third-order valence-corrected chi connectivity index (χ3v) is 3.62. The highest BCUT2D eigenvalue weighted by Crippen LogP contribution is 2.36. The molecule has 1 atom stereocenters. The largest absolute Gasteiger partial charge is 0.497 e. The molecule has 1 unspecified atom stereocenters. The molecule has 4 nitrogen and oxygen atoms in total. The molecule has 0 fully saturated rings. The number of amides is 1. The monoisotopic (exact) mass is 234 g/mol. The maximum atomic E-state index is 11.8. The Balaban J connectivity index is 2.58. The summed E-state index contributed by atoms with van der Waals surface area (Å²) in [5.41, 5.74) is 6.96. The van der Waals surface area contributed by atoms with Gasteiger partial charge in [-0.1, -0.05) is 6.07 Å². The minimum absolute atomic E-state index is 0.325. The van der Waals surface area contributed by atoms with Gasteiger partial charge in [-0.3, -0.25) is 4.79 Å². The highest BCUT2D eigenvalue weighted by atomic mass is 16.5. The zero-order chi connectivity index (χ0) is 12.5. The van der Waals surface area contributed by atoms with Gasteiger partial charge in [-0.25, -0.2) is 0 Å². The number of likely N-dealkylation sites (N-methyl/N-ethyl adjacent to an activating group) is 1. The lowest BCUT2D eigenvalue weighted by molar-refractivity contribution is -0.125. The second kappa shape index (κ2) is 4.37. The van der Waals surface area contributed by atoms with Crippen molar-refractivity contribution in [3.8, 4) is 5.75 Å². The lowest BCUT2D eigenvalue weighted by Crippen LogP contribution is -2.53. The summed E-state index contributed by atoms with van der Waals surface area (Å²) in [5.74, 6) is 0.431. The fourth-order valence-corrected chi connectivity index (χ4v) is 2.62. The zero-order valence-corrected chi connectivity index (χ0v) is 10.2. The molecule has 1 aliphatic carbocycles. The lowest BCUT2D eigenvalue weighted by Gasteiger charge is -2.36. The normalized spacial score (nSPS) is 22.9. The maximum Gasteiger partial charge on any atom is 0.242 e. The van der Waals surface area contributed by atoms with Crippen LogP contribution < -0.4 is 15.8 Å². The van der Waals surface area contributed by atoms with Crippen LogP contribution in [-0.2, 0) is 16.8 Å². The molecule has 1 amide bonds. The Hall–Kier alpha value is -1.55.